The highest BCUT2D eigenvalue weighted by atomic mass is 32.2. The molecule has 1 atom stereocenters. The first kappa shape index (κ1) is 16.9. The number of carboxylic acids is 1. The van der Waals surface area contributed by atoms with Crippen molar-refractivity contribution in [2.75, 3.05) is 11.5 Å². The van der Waals surface area contributed by atoms with Crippen molar-refractivity contribution in [3.8, 4) is 0 Å². The highest BCUT2D eigenvalue weighted by Crippen LogP contribution is 2.26. The van der Waals surface area contributed by atoms with E-state index in [0.717, 1.165) is 6.07 Å². The van der Waals surface area contributed by atoms with Gasteiger partial charge in [0.1, 0.15) is 0 Å². The highest BCUT2D eigenvalue weighted by Gasteiger charge is 2.41. The second kappa shape index (κ2) is 5.32. The molecule has 1 aromatic carbocycles. The van der Waals surface area contributed by atoms with Crippen molar-refractivity contribution in [1.29, 1.82) is 0 Å². The molecule has 22 heavy (non-hydrogen) atoms. The minimum absolute atomic E-state index is 0.0693. The Hall–Kier alpha value is -1.45. The summed E-state index contributed by atoms with van der Waals surface area (Å²) in [5, 5.41) is 8.97. The van der Waals surface area contributed by atoms with Crippen molar-refractivity contribution < 1.29 is 26.7 Å². The summed E-state index contributed by atoms with van der Waals surface area (Å²) in [5.74, 6) is -1.57. The number of carbonyl (C=O) groups is 1. The summed E-state index contributed by atoms with van der Waals surface area (Å²) in [7, 11) is -7.28. The Morgan fingerprint density at radius 3 is 2.50 bits per heavy atom. The Balaban J connectivity index is 2.40. The second-order valence-corrected chi connectivity index (χ2v) is 9.63. The summed E-state index contributed by atoms with van der Waals surface area (Å²) in [5.41, 5.74) is -0.833. The van der Waals surface area contributed by atoms with E-state index in [4.69, 9.17) is 5.11 Å². The number of aryl methyl sites for hydroxylation is 1. The smallest absolute Gasteiger partial charge is 0.335 e. The minimum atomic E-state index is -4.02. The lowest BCUT2D eigenvalue weighted by atomic mass is 10.0. The zero-order valence-electron chi connectivity index (χ0n) is 12.2. The van der Waals surface area contributed by atoms with Crippen molar-refractivity contribution in [2.24, 2.45) is 0 Å². The molecule has 0 amide bonds. The van der Waals surface area contributed by atoms with Crippen LogP contribution in [0.25, 0.3) is 0 Å². The summed E-state index contributed by atoms with van der Waals surface area (Å²) < 4.78 is 50.5. The largest absolute Gasteiger partial charge is 0.478 e. The third-order valence-corrected chi connectivity index (χ3v) is 7.29. The van der Waals surface area contributed by atoms with Crippen molar-refractivity contribution in [2.45, 2.75) is 30.7 Å². The Morgan fingerprint density at radius 1 is 1.36 bits per heavy atom. The van der Waals surface area contributed by atoms with E-state index >= 15 is 0 Å². The molecule has 0 unspecified atom stereocenters. The summed E-state index contributed by atoms with van der Waals surface area (Å²) >= 11 is 0. The number of nitrogens with one attached hydrogen (secondary N) is 1. The molecule has 1 fully saturated rings. The van der Waals surface area contributed by atoms with Crippen LogP contribution in [0.15, 0.2) is 23.1 Å². The van der Waals surface area contributed by atoms with Gasteiger partial charge in [-0.05, 0) is 38.0 Å². The molecule has 1 aliphatic rings. The van der Waals surface area contributed by atoms with Crippen molar-refractivity contribution in [1.82, 2.24) is 4.72 Å². The number of sulfonamides is 1. The van der Waals surface area contributed by atoms with E-state index in [1.165, 1.54) is 19.1 Å². The molecule has 2 rings (SSSR count). The fraction of sp³-hybridized carbons (Fsp3) is 0.462. The molecule has 2 N–H and O–H groups in total. The standard InChI is InChI=1S/C13H17NO6S2/c1-9-3-4-10(12(15)16)7-11(9)22(19,20)14-13(2)5-6-21(17,18)8-13/h3-4,7,14H,5-6,8H2,1-2H3,(H,15,16)/t13-/m1/s1. The summed E-state index contributed by atoms with van der Waals surface area (Å²) in [6.45, 7) is 3.08. The molecule has 0 saturated carbocycles. The van der Waals surface area contributed by atoms with Gasteiger partial charge >= 0.3 is 5.97 Å². The quantitative estimate of drug-likeness (QED) is 0.821. The maximum Gasteiger partial charge on any atom is 0.335 e. The topological polar surface area (TPSA) is 118 Å². The molecule has 0 spiro atoms. The van der Waals surface area contributed by atoms with Gasteiger partial charge < -0.3 is 5.11 Å². The lowest BCUT2D eigenvalue weighted by Crippen LogP contribution is -2.46. The SMILES string of the molecule is Cc1ccc(C(=O)O)cc1S(=O)(=O)N[C@]1(C)CCS(=O)(=O)C1. The van der Waals surface area contributed by atoms with Gasteiger partial charge in [-0.3, -0.25) is 0 Å². The zero-order valence-corrected chi connectivity index (χ0v) is 13.8. The molecule has 1 heterocycles. The van der Waals surface area contributed by atoms with E-state index in [2.05, 4.69) is 4.72 Å². The van der Waals surface area contributed by atoms with E-state index in [1.807, 2.05) is 0 Å². The molecule has 1 aromatic rings. The van der Waals surface area contributed by atoms with Crippen molar-refractivity contribution >= 4 is 25.8 Å². The maximum absolute atomic E-state index is 12.5. The molecular formula is C13H17NO6S2. The first-order valence-corrected chi connectivity index (χ1v) is 9.83. The van der Waals surface area contributed by atoms with Crippen molar-refractivity contribution in [3.05, 3.63) is 29.3 Å². The van der Waals surface area contributed by atoms with Crippen LogP contribution in [0.2, 0.25) is 0 Å². The predicted molar refractivity (Wildman–Crippen MR) is 80.1 cm³/mol. The molecule has 0 aromatic heterocycles. The van der Waals surface area contributed by atoms with Gasteiger partial charge in [0.05, 0.1) is 22.0 Å². The van der Waals surface area contributed by atoms with Crippen LogP contribution in [0, 0.1) is 6.92 Å². The van der Waals surface area contributed by atoms with Crippen LogP contribution < -0.4 is 4.72 Å². The first-order valence-electron chi connectivity index (χ1n) is 6.53. The third-order valence-electron chi connectivity index (χ3n) is 3.61. The molecular weight excluding hydrogens is 330 g/mol. The highest BCUT2D eigenvalue weighted by molar-refractivity contribution is 7.92. The molecule has 7 nitrogen and oxygen atoms in total. The van der Waals surface area contributed by atoms with Gasteiger partial charge in [-0.1, -0.05) is 6.07 Å². The molecule has 1 aliphatic heterocycles. The number of hydrogen-bond donors (Lipinski definition) is 2. The van der Waals surface area contributed by atoms with Crippen LogP contribution in [0.4, 0.5) is 0 Å². The number of rotatable bonds is 4. The van der Waals surface area contributed by atoms with Crippen LogP contribution in [0.5, 0.6) is 0 Å². The molecule has 0 aliphatic carbocycles. The van der Waals surface area contributed by atoms with E-state index < -0.39 is 31.4 Å². The number of aromatic carboxylic acids is 1. The van der Waals surface area contributed by atoms with Gasteiger partial charge in [0.15, 0.2) is 9.84 Å². The van der Waals surface area contributed by atoms with Gasteiger partial charge in [-0.2, -0.15) is 0 Å². The average molecular weight is 347 g/mol. The minimum Gasteiger partial charge on any atom is -0.478 e. The van der Waals surface area contributed by atoms with E-state index in [-0.39, 0.29) is 28.4 Å². The molecule has 1 saturated heterocycles. The van der Waals surface area contributed by atoms with E-state index in [0.29, 0.717) is 5.56 Å². The molecule has 122 valence electrons. The Bertz CT molecular complexity index is 828. The van der Waals surface area contributed by atoms with Gasteiger partial charge in [-0.15, -0.1) is 0 Å². The first-order chi connectivity index (χ1) is 9.94. The summed E-state index contributed by atoms with van der Waals surface area (Å²) in [6.07, 6.45) is 0.187. The number of carboxylic acid groups (broad SMARTS) is 1. The average Bonchev–Trinajstić information content (AvgIpc) is 2.62. The summed E-state index contributed by atoms with van der Waals surface area (Å²) in [6, 6.07) is 3.80. The van der Waals surface area contributed by atoms with E-state index in [9.17, 15) is 21.6 Å². The predicted octanol–water partition coefficient (Wildman–Crippen LogP) is 0.549. The molecule has 0 bridgehead atoms. The lowest BCUT2D eigenvalue weighted by molar-refractivity contribution is 0.0696. The fourth-order valence-electron chi connectivity index (χ4n) is 2.49. The Labute approximate surface area is 129 Å². The summed E-state index contributed by atoms with van der Waals surface area (Å²) in [4.78, 5) is 10.8. The van der Waals surface area contributed by atoms with Gasteiger partial charge in [0, 0.05) is 5.54 Å². The molecule has 9 heteroatoms. The van der Waals surface area contributed by atoms with Crippen LogP contribution >= 0.6 is 0 Å². The number of benzene rings is 1. The van der Waals surface area contributed by atoms with Crippen LogP contribution in [-0.4, -0.2) is 45.0 Å². The van der Waals surface area contributed by atoms with Gasteiger partial charge in [-0.25, -0.2) is 26.4 Å². The number of sulfone groups is 1. The van der Waals surface area contributed by atoms with E-state index in [1.54, 1.807) is 6.92 Å². The zero-order chi connectivity index (χ0) is 16.8. The van der Waals surface area contributed by atoms with Gasteiger partial charge in [0.2, 0.25) is 10.0 Å². The second-order valence-electron chi connectivity index (χ2n) is 5.79. The maximum atomic E-state index is 12.5. The van der Waals surface area contributed by atoms with Crippen LogP contribution in [0.3, 0.4) is 0 Å². The van der Waals surface area contributed by atoms with Crippen molar-refractivity contribution in [3.63, 3.8) is 0 Å². The number of hydrogen-bond acceptors (Lipinski definition) is 5. The third kappa shape index (κ3) is 3.47. The van der Waals surface area contributed by atoms with Crippen LogP contribution in [0.1, 0.15) is 29.3 Å². The Kier molecular flexibility index (Phi) is 4.09. The normalized spacial score (nSPS) is 24.3. The molecule has 0 radical (unpaired) electrons. The lowest BCUT2D eigenvalue weighted by Gasteiger charge is -2.24. The monoisotopic (exact) mass is 347 g/mol. The van der Waals surface area contributed by atoms with Gasteiger partial charge in [0.25, 0.3) is 0 Å². The Morgan fingerprint density at radius 2 is 2.00 bits per heavy atom. The van der Waals surface area contributed by atoms with Crippen LogP contribution in [-0.2, 0) is 19.9 Å². The fourth-order valence-corrected chi connectivity index (χ4v) is 6.38.